The zero-order valence-electron chi connectivity index (χ0n) is 9.52. The molecule has 0 spiro atoms. The average molecular weight is 265 g/mol. The second kappa shape index (κ2) is 5.99. The Morgan fingerprint density at radius 2 is 1.76 bits per heavy atom. The van der Waals surface area contributed by atoms with Gasteiger partial charge >= 0.3 is 0 Å². The van der Waals surface area contributed by atoms with E-state index in [1.54, 1.807) is 11.8 Å². The van der Waals surface area contributed by atoms with E-state index in [1.165, 1.54) is 0 Å². The van der Waals surface area contributed by atoms with Gasteiger partial charge < -0.3 is 4.74 Å². The fraction of sp³-hybridized carbons (Fsp3) is 0.143. The number of para-hydroxylation sites is 1. The topological polar surface area (TPSA) is 9.23 Å². The van der Waals surface area contributed by atoms with Crippen LogP contribution in [0.4, 0.5) is 0 Å². The van der Waals surface area contributed by atoms with Crippen LogP contribution in [0.25, 0.3) is 0 Å². The van der Waals surface area contributed by atoms with E-state index in [1.807, 2.05) is 55.5 Å². The second-order valence-electron chi connectivity index (χ2n) is 3.63. The van der Waals surface area contributed by atoms with Gasteiger partial charge in [-0.15, -0.1) is 0 Å². The molecule has 0 radical (unpaired) electrons. The van der Waals surface area contributed by atoms with E-state index in [-0.39, 0.29) is 0 Å². The third kappa shape index (κ3) is 3.69. The molecular weight excluding hydrogens is 252 g/mol. The van der Waals surface area contributed by atoms with Crippen LogP contribution in [-0.4, -0.2) is 5.94 Å². The molecule has 0 saturated heterocycles. The van der Waals surface area contributed by atoms with Gasteiger partial charge in [-0.1, -0.05) is 41.6 Å². The molecular formula is C14H13ClOS. The summed E-state index contributed by atoms with van der Waals surface area (Å²) in [5.41, 5.74) is 1.16. The number of rotatable bonds is 4. The summed E-state index contributed by atoms with van der Waals surface area (Å²) in [6.45, 7) is 2.04. The van der Waals surface area contributed by atoms with Gasteiger partial charge in [-0.2, -0.15) is 0 Å². The van der Waals surface area contributed by atoms with E-state index in [0.29, 0.717) is 5.94 Å². The molecule has 3 heteroatoms. The summed E-state index contributed by atoms with van der Waals surface area (Å²) in [5.74, 6) is 1.54. The number of hydrogen-bond acceptors (Lipinski definition) is 2. The quantitative estimate of drug-likeness (QED) is 0.581. The Hall–Kier alpha value is -1.12. The van der Waals surface area contributed by atoms with Crippen LogP contribution < -0.4 is 4.74 Å². The fourth-order valence-corrected chi connectivity index (χ4v) is 2.19. The molecule has 17 heavy (non-hydrogen) atoms. The summed E-state index contributed by atoms with van der Waals surface area (Å²) >= 11 is 7.47. The molecule has 2 aromatic carbocycles. The Labute approximate surface area is 111 Å². The third-order valence-electron chi connectivity index (χ3n) is 2.35. The number of thioether (sulfide) groups is 1. The van der Waals surface area contributed by atoms with Gasteiger partial charge in [0.1, 0.15) is 11.7 Å². The van der Waals surface area contributed by atoms with E-state index in [4.69, 9.17) is 16.3 Å². The highest BCUT2D eigenvalue weighted by Crippen LogP contribution is 2.23. The van der Waals surface area contributed by atoms with Gasteiger partial charge in [0.25, 0.3) is 0 Å². The minimum absolute atomic E-state index is 0.604. The Balaban J connectivity index is 1.88. The van der Waals surface area contributed by atoms with Gasteiger partial charge in [-0.05, 0) is 42.8 Å². The van der Waals surface area contributed by atoms with E-state index in [2.05, 4.69) is 0 Å². The number of aryl methyl sites for hydroxylation is 1. The first-order valence-corrected chi connectivity index (χ1v) is 6.69. The SMILES string of the molecule is Cc1ccccc1OCSc1ccc(Cl)cc1. The van der Waals surface area contributed by atoms with Gasteiger partial charge in [0.2, 0.25) is 0 Å². The first kappa shape index (κ1) is 12.3. The van der Waals surface area contributed by atoms with Crippen LogP contribution >= 0.6 is 23.4 Å². The molecule has 1 nitrogen and oxygen atoms in total. The molecule has 2 rings (SSSR count). The first-order valence-electron chi connectivity index (χ1n) is 5.32. The maximum atomic E-state index is 5.82. The van der Waals surface area contributed by atoms with E-state index in [9.17, 15) is 0 Å². The Kier molecular flexibility index (Phi) is 4.35. The van der Waals surface area contributed by atoms with Crippen molar-refractivity contribution in [2.45, 2.75) is 11.8 Å². The second-order valence-corrected chi connectivity index (χ2v) is 5.06. The van der Waals surface area contributed by atoms with Crippen molar-refractivity contribution in [3.05, 3.63) is 59.1 Å². The summed E-state index contributed by atoms with van der Waals surface area (Å²) < 4.78 is 5.70. The summed E-state index contributed by atoms with van der Waals surface area (Å²) in [6, 6.07) is 15.8. The van der Waals surface area contributed by atoms with Crippen molar-refractivity contribution in [2.75, 3.05) is 5.94 Å². The Bertz CT molecular complexity index is 482. The minimum atomic E-state index is 0.604. The number of halogens is 1. The Morgan fingerprint density at radius 3 is 2.47 bits per heavy atom. The summed E-state index contributed by atoms with van der Waals surface area (Å²) in [6.07, 6.45) is 0. The Morgan fingerprint density at radius 1 is 1.06 bits per heavy atom. The molecule has 0 aromatic heterocycles. The standard InChI is InChI=1S/C14H13ClOS/c1-11-4-2-3-5-14(11)16-10-17-13-8-6-12(15)7-9-13/h2-9H,10H2,1H3. The smallest absolute Gasteiger partial charge is 0.138 e. The van der Waals surface area contributed by atoms with Gasteiger partial charge in [0.15, 0.2) is 0 Å². The molecule has 0 unspecified atom stereocenters. The molecule has 0 saturated carbocycles. The number of benzene rings is 2. The van der Waals surface area contributed by atoms with Gasteiger partial charge in [-0.3, -0.25) is 0 Å². The lowest BCUT2D eigenvalue weighted by Gasteiger charge is -2.08. The van der Waals surface area contributed by atoms with Crippen LogP contribution in [0.1, 0.15) is 5.56 Å². The van der Waals surface area contributed by atoms with Gasteiger partial charge in [0.05, 0.1) is 0 Å². The highest BCUT2D eigenvalue weighted by molar-refractivity contribution is 7.99. The van der Waals surface area contributed by atoms with Gasteiger partial charge in [-0.25, -0.2) is 0 Å². The van der Waals surface area contributed by atoms with Crippen molar-refractivity contribution in [1.82, 2.24) is 0 Å². The van der Waals surface area contributed by atoms with Crippen molar-refractivity contribution in [2.24, 2.45) is 0 Å². The molecule has 0 bridgehead atoms. The predicted molar refractivity (Wildman–Crippen MR) is 74.0 cm³/mol. The highest BCUT2D eigenvalue weighted by atomic mass is 35.5. The molecule has 0 aliphatic heterocycles. The normalized spacial score (nSPS) is 10.2. The molecule has 2 aromatic rings. The average Bonchev–Trinajstić information content (AvgIpc) is 2.34. The molecule has 0 atom stereocenters. The zero-order chi connectivity index (χ0) is 12.1. The van der Waals surface area contributed by atoms with E-state index < -0.39 is 0 Å². The predicted octanol–water partition coefficient (Wildman–Crippen LogP) is 4.78. The van der Waals surface area contributed by atoms with Crippen LogP contribution in [0.2, 0.25) is 5.02 Å². The lowest BCUT2D eigenvalue weighted by atomic mass is 10.2. The molecule has 88 valence electrons. The van der Waals surface area contributed by atoms with Crippen molar-refractivity contribution >= 4 is 23.4 Å². The van der Waals surface area contributed by atoms with Crippen molar-refractivity contribution in [1.29, 1.82) is 0 Å². The fourth-order valence-electron chi connectivity index (χ4n) is 1.41. The van der Waals surface area contributed by atoms with Crippen LogP contribution in [0.15, 0.2) is 53.4 Å². The molecule has 0 heterocycles. The summed E-state index contributed by atoms with van der Waals surface area (Å²) in [7, 11) is 0. The maximum absolute atomic E-state index is 5.82. The largest absolute Gasteiger partial charge is 0.482 e. The molecule has 0 aliphatic carbocycles. The van der Waals surface area contributed by atoms with Crippen LogP contribution in [-0.2, 0) is 0 Å². The third-order valence-corrected chi connectivity index (χ3v) is 3.44. The minimum Gasteiger partial charge on any atom is -0.482 e. The van der Waals surface area contributed by atoms with E-state index in [0.717, 1.165) is 21.2 Å². The number of hydrogen-bond donors (Lipinski definition) is 0. The first-order chi connectivity index (χ1) is 8.25. The van der Waals surface area contributed by atoms with Crippen LogP contribution in [0.5, 0.6) is 5.75 Å². The molecule has 0 aliphatic rings. The number of ether oxygens (including phenoxy) is 1. The monoisotopic (exact) mass is 264 g/mol. The van der Waals surface area contributed by atoms with Crippen LogP contribution in [0.3, 0.4) is 0 Å². The maximum Gasteiger partial charge on any atom is 0.138 e. The lowest BCUT2D eigenvalue weighted by Crippen LogP contribution is -1.94. The molecule has 0 amide bonds. The van der Waals surface area contributed by atoms with E-state index >= 15 is 0 Å². The van der Waals surface area contributed by atoms with Crippen molar-refractivity contribution < 1.29 is 4.74 Å². The van der Waals surface area contributed by atoms with Crippen molar-refractivity contribution in [3.63, 3.8) is 0 Å². The summed E-state index contributed by atoms with van der Waals surface area (Å²) in [4.78, 5) is 1.16. The molecule has 0 N–H and O–H groups in total. The van der Waals surface area contributed by atoms with Crippen LogP contribution in [0, 0.1) is 6.92 Å². The van der Waals surface area contributed by atoms with Crippen molar-refractivity contribution in [3.8, 4) is 5.75 Å². The molecule has 0 fully saturated rings. The highest BCUT2D eigenvalue weighted by Gasteiger charge is 1.98. The zero-order valence-corrected chi connectivity index (χ0v) is 11.1. The lowest BCUT2D eigenvalue weighted by molar-refractivity contribution is 0.390. The summed E-state index contributed by atoms with van der Waals surface area (Å²) in [5, 5.41) is 0.758. The van der Waals surface area contributed by atoms with Gasteiger partial charge in [0, 0.05) is 9.92 Å².